The Hall–Kier alpha value is -2.02. The van der Waals surface area contributed by atoms with Crippen LogP contribution in [-0.2, 0) is 0 Å². The highest BCUT2D eigenvalue weighted by atomic mass is 16.5. The van der Waals surface area contributed by atoms with Crippen LogP contribution in [0.5, 0.6) is 11.5 Å². The van der Waals surface area contributed by atoms with Crippen molar-refractivity contribution in [3.63, 3.8) is 0 Å². The zero-order chi connectivity index (χ0) is 11.6. The fraction of sp³-hybridized carbons (Fsp3) is 0.250. The Kier molecular flexibility index (Phi) is 2.96. The lowest BCUT2D eigenvalue weighted by Crippen LogP contribution is -2.12. The Morgan fingerprint density at radius 3 is 2.40 bits per heavy atom. The van der Waals surface area contributed by atoms with E-state index in [0.717, 1.165) is 7.11 Å². The van der Waals surface area contributed by atoms with Gasteiger partial charge in [-0.3, -0.25) is 4.79 Å². The predicted molar refractivity (Wildman–Crippen MR) is 47.3 cm³/mol. The van der Waals surface area contributed by atoms with Gasteiger partial charge in [0.15, 0.2) is 0 Å². The Morgan fingerprint density at radius 1 is 1.47 bits per heavy atom. The highest BCUT2D eigenvalue weighted by Crippen LogP contribution is 2.36. The van der Waals surface area contributed by atoms with Gasteiger partial charge in [0.05, 0.1) is 13.7 Å². The van der Waals surface area contributed by atoms with Crippen LogP contribution in [0.3, 0.4) is 0 Å². The molecule has 4 N–H and O–H groups in total. The summed E-state index contributed by atoms with van der Waals surface area (Å²) in [5.74, 6) is -4.33. The van der Waals surface area contributed by atoms with Crippen LogP contribution in [-0.4, -0.2) is 35.6 Å². The number of Topliss-reactive ketones (excluding diaryl/α,β-unsaturated/α-hetero) is 1. The molecule has 0 aliphatic heterocycles. The largest absolute Gasteiger partial charge is 0.501 e. The number of nitrogens with two attached hydrogens (primary N) is 1. The zero-order valence-electron chi connectivity index (χ0n) is 7.81. The second kappa shape index (κ2) is 4.01. The average molecular weight is 215 g/mol. The Balaban J connectivity index is 3.33. The van der Waals surface area contributed by atoms with Gasteiger partial charge < -0.3 is 25.1 Å². The van der Waals surface area contributed by atoms with E-state index in [2.05, 4.69) is 9.15 Å². The van der Waals surface area contributed by atoms with Crippen LogP contribution in [0.25, 0.3) is 0 Å². The van der Waals surface area contributed by atoms with Gasteiger partial charge in [-0.05, 0) is 0 Å². The SMILES string of the molecule is COc1c(C(=O)O)oc(C(=O)CN)c1O. The van der Waals surface area contributed by atoms with Crippen molar-refractivity contribution in [2.24, 2.45) is 5.73 Å². The van der Waals surface area contributed by atoms with Gasteiger partial charge in [-0.25, -0.2) is 4.79 Å². The summed E-state index contributed by atoms with van der Waals surface area (Å²) in [6.07, 6.45) is 0. The van der Waals surface area contributed by atoms with E-state index >= 15 is 0 Å². The van der Waals surface area contributed by atoms with Crippen molar-refractivity contribution in [2.45, 2.75) is 0 Å². The third-order valence-corrected chi connectivity index (χ3v) is 1.68. The molecule has 0 saturated heterocycles. The summed E-state index contributed by atoms with van der Waals surface area (Å²) in [7, 11) is 1.15. The first kappa shape index (κ1) is 11.1. The fourth-order valence-corrected chi connectivity index (χ4v) is 1.02. The van der Waals surface area contributed by atoms with Gasteiger partial charge in [0.25, 0.3) is 5.76 Å². The maximum absolute atomic E-state index is 11.1. The summed E-state index contributed by atoms with van der Waals surface area (Å²) in [6, 6.07) is 0. The predicted octanol–water partition coefficient (Wildman–Crippen LogP) is -0.167. The summed E-state index contributed by atoms with van der Waals surface area (Å²) >= 11 is 0. The number of hydrogen-bond donors (Lipinski definition) is 3. The van der Waals surface area contributed by atoms with E-state index in [4.69, 9.17) is 10.8 Å². The van der Waals surface area contributed by atoms with Crippen LogP contribution >= 0.6 is 0 Å². The van der Waals surface area contributed by atoms with E-state index in [0.29, 0.717) is 0 Å². The van der Waals surface area contributed by atoms with E-state index in [9.17, 15) is 14.7 Å². The summed E-state index contributed by atoms with van der Waals surface area (Å²) in [6.45, 7) is -0.400. The minimum atomic E-state index is -1.45. The lowest BCUT2D eigenvalue weighted by Gasteiger charge is -1.95. The number of aromatic carboxylic acids is 1. The number of rotatable bonds is 4. The molecule has 0 aliphatic carbocycles. The molecule has 1 aromatic heterocycles. The van der Waals surface area contributed by atoms with Crippen LogP contribution < -0.4 is 10.5 Å². The van der Waals surface area contributed by atoms with E-state index < -0.39 is 35.6 Å². The number of carbonyl (C=O) groups is 2. The van der Waals surface area contributed by atoms with E-state index in [1.807, 2.05) is 0 Å². The molecule has 7 nitrogen and oxygen atoms in total. The molecule has 0 fully saturated rings. The maximum atomic E-state index is 11.1. The fourth-order valence-electron chi connectivity index (χ4n) is 1.02. The van der Waals surface area contributed by atoms with Crippen molar-refractivity contribution in [3.05, 3.63) is 11.5 Å². The summed E-state index contributed by atoms with van der Waals surface area (Å²) in [5, 5.41) is 18.1. The standard InChI is InChI=1S/C8H9NO6/c1-14-6-4(11)5(3(10)2-9)15-7(6)8(12)13/h11H,2,9H2,1H3,(H,12,13). The molecule has 1 heterocycles. The maximum Gasteiger partial charge on any atom is 0.375 e. The van der Waals surface area contributed by atoms with Crippen molar-refractivity contribution in [1.82, 2.24) is 0 Å². The molecule has 0 radical (unpaired) electrons. The van der Waals surface area contributed by atoms with Crippen LogP contribution in [0.15, 0.2) is 4.42 Å². The number of aromatic hydroxyl groups is 1. The highest BCUT2D eigenvalue weighted by molar-refractivity contribution is 6.00. The topological polar surface area (TPSA) is 123 Å². The van der Waals surface area contributed by atoms with Gasteiger partial charge in [-0.1, -0.05) is 0 Å². The molecule has 1 aromatic rings. The number of methoxy groups -OCH3 is 1. The lowest BCUT2D eigenvalue weighted by molar-refractivity contribution is 0.0655. The molecule has 0 saturated carbocycles. The summed E-state index contributed by atoms with van der Waals surface area (Å²) in [5.41, 5.74) is 5.04. The number of carboxylic acid groups (broad SMARTS) is 1. The number of hydrogen-bond acceptors (Lipinski definition) is 6. The van der Waals surface area contributed by atoms with Crippen molar-refractivity contribution >= 4 is 11.8 Å². The molecule has 15 heavy (non-hydrogen) atoms. The van der Waals surface area contributed by atoms with Crippen molar-refractivity contribution in [2.75, 3.05) is 13.7 Å². The van der Waals surface area contributed by atoms with Gasteiger partial charge in [-0.15, -0.1) is 0 Å². The molecule has 0 amide bonds. The number of ketones is 1. The number of ether oxygens (including phenoxy) is 1. The van der Waals surface area contributed by atoms with E-state index in [1.165, 1.54) is 0 Å². The van der Waals surface area contributed by atoms with Gasteiger partial charge >= 0.3 is 5.97 Å². The number of carboxylic acids is 1. The smallest absolute Gasteiger partial charge is 0.375 e. The lowest BCUT2D eigenvalue weighted by atomic mass is 10.2. The normalized spacial score (nSPS) is 10.0. The second-order valence-corrected chi connectivity index (χ2v) is 2.57. The van der Waals surface area contributed by atoms with Crippen LogP contribution in [0.1, 0.15) is 21.1 Å². The zero-order valence-corrected chi connectivity index (χ0v) is 7.81. The van der Waals surface area contributed by atoms with Gasteiger partial charge in [-0.2, -0.15) is 0 Å². The summed E-state index contributed by atoms with van der Waals surface area (Å²) < 4.78 is 9.24. The van der Waals surface area contributed by atoms with Gasteiger partial charge in [0.1, 0.15) is 0 Å². The Morgan fingerprint density at radius 2 is 2.07 bits per heavy atom. The van der Waals surface area contributed by atoms with Crippen LogP contribution in [0.2, 0.25) is 0 Å². The van der Waals surface area contributed by atoms with E-state index in [-0.39, 0.29) is 5.75 Å². The molecule has 1 rings (SSSR count). The minimum absolute atomic E-state index is 0.390. The third kappa shape index (κ3) is 1.77. The monoisotopic (exact) mass is 215 g/mol. The molecular formula is C8H9NO6. The van der Waals surface area contributed by atoms with Crippen molar-refractivity contribution in [3.8, 4) is 11.5 Å². The second-order valence-electron chi connectivity index (χ2n) is 2.57. The molecule has 0 spiro atoms. The molecule has 7 heteroatoms. The Bertz CT molecular complexity index is 408. The molecule has 0 aliphatic rings. The minimum Gasteiger partial charge on any atom is -0.501 e. The first-order chi connectivity index (χ1) is 7.02. The van der Waals surface area contributed by atoms with Crippen LogP contribution in [0.4, 0.5) is 0 Å². The number of carbonyl (C=O) groups excluding carboxylic acids is 1. The molecule has 82 valence electrons. The van der Waals surface area contributed by atoms with Gasteiger partial charge in [0, 0.05) is 0 Å². The first-order valence-electron chi connectivity index (χ1n) is 3.89. The molecule has 0 aromatic carbocycles. The molecule has 0 atom stereocenters. The summed E-state index contributed by atoms with van der Waals surface area (Å²) in [4.78, 5) is 21.7. The Labute approximate surface area is 84.1 Å². The van der Waals surface area contributed by atoms with E-state index in [1.54, 1.807) is 0 Å². The van der Waals surface area contributed by atoms with Crippen LogP contribution in [0, 0.1) is 0 Å². The molecular weight excluding hydrogens is 206 g/mol. The average Bonchev–Trinajstić information content (AvgIpc) is 2.54. The highest BCUT2D eigenvalue weighted by Gasteiger charge is 2.28. The van der Waals surface area contributed by atoms with Crippen molar-refractivity contribution in [1.29, 1.82) is 0 Å². The first-order valence-corrected chi connectivity index (χ1v) is 3.89. The molecule has 0 unspecified atom stereocenters. The number of furan rings is 1. The quantitative estimate of drug-likeness (QED) is 0.596. The third-order valence-electron chi connectivity index (χ3n) is 1.68. The molecule has 0 bridgehead atoms. The van der Waals surface area contributed by atoms with Gasteiger partial charge in [0.2, 0.25) is 23.0 Å². The van der Waals surface area contributed by atoms with Crippen molar-refractivity contribution < 1.29 is 29.0 Å².